The minimum atomic E-state index is -0.294. The molecule has 142 valence electrons. The number of carbonyl (C=O) groups is 2. The Bertz CT molecular complexity index is 676. The molecule has 0 radical (unpaired) electrons. The van der Waals surface area contributed by atoms with Gasteiger partial charge < -0.3 is 20.6 Å². The van der Waals surface area contributed by atoms with E-state index in [-0.39, 0.29) is 23.0 Å². The maximum Gasteiger partial charge on any atom is 0.257 e. The fraction of sp³-hybridized carbons (Fsp3) is 0.400. The predicted molar refractivity (Wildman–Crippen MR) is 106 cm³/mol. The van der Waals surface area contributed by atoms with Crippen LogP contribution in [0.15, 0.2) is 29.6 Å². The minimum absolute atomic E-state index is 0.0188. The molecular weight excluding hydrogens is 330 g/mol. The van der Waals surface area contributed by atoms with Crippen LogP contribution in [0.25, 0.3) is 0 Å². The standard InChI is InChI=1S/C15H19N3O3.C3H8.C2H2/c1-4-16-11-8-12(19)13(11)17-10-7-5-6-9(14(10)20)15(21)18(2)3;1-3-2;1-2/h5-7,16-17,20H,4,8H2,1-3H3;3H2,1-2H3;1-2H. The predicted octanol–water partition coefficient (Wildman–Crippen LogP) is 2.97. The average Bonchev–Trinajstić information content (AvgIpc) is 2.62. The van der Waals surface area contributed by atoms with Crippen molar-refractivity contribution >= 4 is 17.4 Å². The highest BCUT2D eigenvalue weighted by Gasteiger charge is 2.28. The van der Waals surface area contributed by atoms with Crippen LogP contribution < -0.4 is 10.6 Å². The lowest BCUT2D eigenvalue weighted by Crippen LogP contribution is -2.32. The Balaban J connectivity index is 0.00000113. The summed E-state index contributed by atoms with van der Waals surface area (Å²) in [4.78, 5) is 25.0. The second kappa shape index (κ2) is 11.6. The van der Waals surface area contributed by atoms with Gasteiger partial charge in [0.1, 0.15) is 5.70 Å². The van der Waals surface area contributed by atoms with Crippen molar-refractivity contribution in [2.24, 2.45) is 0 Å². The van der Waals surface area contributed by atoms with Crippen LogP contribution in [-0.2, 0) is 4.79 Å². The third-order valence-corrected chi connectivity index (χ3v) is 3.24. The van der Waals surface area contributed by atoms with E-state index >= 15 is 0 Å². The van der Waals surface area contributed by atoms with E-state index in [2.05, 4.69) is 37.3 Å². The normalized spacial score (nSPS) is 11.9. The number of aromatic hydroxyl groups is 1. The van der Waals surface area contributed by atoms with Gasteiger partial charge in [0.2, 0.25) is 0 Å². The topological polar surface area (TPSA) is 81.7 Å². The number of hydrogen-bond acceptors (Lipinski definition) is 5. The smallest absolute Gasteiger partial charge is 0.257 e. The first-order valence-corrected chi connectivity index (χ1v) is 8.51. The maximum absolute atomic E-state index is 12.0. The first kappa shape index (κ1) is 23.1. The minimum Gasteiger partial charge on any atom is -0.505 e. The number of anilines is 1. The number of benzene rings is 1. The Labute approximate surface area is 156 Å². The van der Waals surface area contributed by atoms with Crippen LogP contribution in [0.1, 0.15) is 44.0 Å². The van der Waals surface area contributed by atoms with E-state index in [0.717, 1.165) is 12.2 Å². The van der Waals surface area contributed by atoms with Gasteiger partial charge in [-0.05, 0) is 19.1 Å². The summed E-state index contributed by atoms with van der Waals surface area (Å²) in [5.41, 5.74) is 1.82. The number of hydrogen-bond donors (Lipinski definition) is 3. The Kier molecular flexibility index (Phi) is 10.3. The number of terminal acetylenes is 1. The number of Topliss-reactive ketones (excluding diaryl/α,β-unsaturated/α-hetero) is 1. The summed E-state index contributed by atoms with van der Waals surface area (Å²) < 4.78 is 0. The summed E-state index contributed by atoms with van der Waals surface area (Å²) in [5, 5.41) is 16.2. The molecular formula is C20H29N3O3. The Hall–Kier alpha value is -2.94. The molecule has 1 aliphatic carbocycles. The molecule has 0 spiro atoms. The number of carbonyl (C=O) groups excluding carboxylic acids is 2. The van der Waals surface area contributed by atoms with Crippen molar-refractivity contribution in [3.05, 3.63) is 35.2 Å². The number of phenols is 1. The van der Waals surface area contributed by atoms with E-state index in [9.17, 15) is 14.7 Å². The third kappa shape index (κ3) is 5.85. The Morgan fingerprint density at radius 3 is 2.27 bits per heavy atom. The number of amides is 1. The number of rotatable bonds is 5. The molecule has 1 aromatic carbocycles. The quantitative estimate of drug-likeness (QED) is 0.556. The molecule has 0 atom stereocenters. The van der Waals surface area contributed by atoms with Crippen LogP contribution in [-0.4, -0.2) is 42.3 Å². The van der Waals surface area contributed by atoms with E-state index < -0.39 is 0 Å². The van der Waals surface area contributed by atoms with Crippen molar-refractivity contribution in [1.82, 2.24) is 10.2 Å². The summed E-state index contributed by atoms with van der Waals surface area (Å²) in [6.45, 7) is 6.92. The van der Waals surface area contributed by atoms with Crippen molar-refractivity contribution in [3.63, 3.8) is 0 Å². The van der Waals surface area contributed by atoms with Crippen LogP contribution in [0.5, 0.6) is 5.75 Å². The monoisotopic (exact) mass is 359 g/mol. The van der Waals surface area contributed by atoms with Gasteiger partial charge in [0.25, 0.3) is 5.91 Å². The molecule has 6 nitrogen and oxygen atoms in total. The largest absolute Gasteiger partial charge is 0.505 e. The van der Waals surface area contributed by atoms with Crippen LogP contribution in [0.3, 0.4) is 0 Å². The van der Waals surface area contributed by atoms with Crippen molar-refractivity contribution in [2.45, 2.75) is 33.6 Å². The number of nitrogens with one attached hydrogen (secondary N) is 2. The molecule has 26 heavy (non-hydrogen) atoms. The highest BCUT2D eigenvalue weighted by atomic mass is 16.3. The summed E-state index contributed by atoms with van der Waals surface area (Å²) in [5.74, 6) is -0.467. The van der Waals surface area contributed by atoms with Gasteiger partial charge in [0.05, 0.1) is 17.7 Å². The molecule has 0 saturated carbocycles. The van der Waals surface area contributed by atoms with Gasteiger partial charge in [-0.1, -0.05) is 26.3 Å². The van der Waals surface area contributed by atoms with Gasteiger partial charge >= 0.3 is 0 Å². The number of phenolic OH excluding ortho intramolecular Hbond substituents is 1. The zero-order valence-corrected chi connectivity index (χ0v) is 16.2. The van der Waals surface area contributed by atoms with Gasteiger partial charge in [-0.15, -0.1) is 12.8 Å². The molecule has 3 N–H and O–H groups in total. The fourth-order valence-electron chi connectivity index (χ4n) is 2.10. The molecule has 2 rings (SSSR count). The van der Waals surface area contributed by atoms with E-state index in [0.29, 0.717) is 17.8 Å². The molecule has 1 aliphatic rings. The van der Waals surface area contributed by atoms with Crippen LogP contribution in [0, 0.1) is 12.8 Å². The third-order valence-electron chi connectivity index (χ3n) is 3.24. The Morgan fingerprint density at radius 2 is 1.81 bits per heavy atom. The van der Waals surface area contributed by atoms with Gasteiger partial charge in [0, 0.05) is 26.3 Å². The van der Waals surface area contributed by atoms with E-state index in [1.807, 2.05) is 6.92 Å². The van der Waals surface area contributed by atoms with Gasteiger partial charge in [-0.25, -0.2) is 0 Å². The maximum atomic E-state index is 12.0. The summed E-state index contributed by atoms with van der Waals surface area (Å²) in [6.07, 6.45) is 9.62. The number of allylic oxidation sites excluding steroid dienone is 2. The summed E-state index contributed by atoms with van der Waals surface area (Å²) in [7, 11) is 3.23. The first-order chi connectivity index (χ1) is 12.4. The van der Waals surface area contributed by atoms with Gasteiger partial charge in [0.15, 0.2) is 11.5 Å². The fourth-order valence-corrected chi connectivity index (χ4v) is 2.10. The molecule has 0 heterocycles. The lowest BCUT2D eigenvalue weighted by Gasteiger charge is -2.25. The molecule has 0 fully saturated rings. The highest BCUT2D eigenvalue weighted by molar-refractivity contribution is 6.07. The Morgan fingerprint density at radius 1 is 1.23 bits per heavy atom. The zero-order chi connectivity index (χ0) is 20.3. The second-order valence-corrected chi connectivity index (χ2v) is 5.72. The van der Waals surface area contributed by atoms with Crippen molar-refractivity contribution < 1.29 is 14.7 Å². The van der Waals surface area contributed by atoms with Crippen LogP contribution in [0.2, 0.25) is 0 Å². The zero-order valence-electron chi connectivity index (χ0n) is 16.2. The number of para-hydroxylation sites is 1. The highest BCUT2D eigenvalue weighted by Crippen LogP contribution is 2.32. The van der Waals surface area contributed by atoms with Gasteiger partial charge in [-0.3, -0.25) is 9.59 Å². The van der Waals surface area contributed by atoms with Crippen LogP contribution >= 0.6 is 0 Å². The SMILES string of the molecule is C#C.CCC.CCNC1=C(Nc2cccc(C(=O)N(C)C)c2O)C(=O)C1. The van der Waals surface area contributed by atoms with E-state index in [1.165, 1.54) is 11.3 Å². The van der Waals surface area contributed by atoms with E-state index in [4.69, 9.17) is 0 Å². The molecule has 0 aliphatic heterocycles. The molecule has 6 heteroatoms. The lowest BCUT2D eigenvalue weighted by molar-refractivity contribution is -0.116. The molecule has 0 bridgehead atoms. The molecule has 0 aromatic heterocycles. The molecule has 0 unspecified atom stereocenters. The van der Waals surface area contributed by atoms with E-state index in [1.54, 1.807) is 32.3 Å². The van der Waals surface area contributed by atoms with Crippen LogP contribution in [0.4, 0.5) is 5.69 Å². The van der Waals surface area contributed by atoms with Crippen molar-refractivity contribution in [3.8, 4) is 18.6 Å². The van der Waals surface area contributed by atoms with Gasteiger partial charge in [-0.2, -0.15) is 0 Å². The molecule has 1 aromatic rings. The number of nitrogens with zero attached hydrogens (tertiary/aromatic N) is 1. The van der Waals surface area contributed by atoms with Crippen molar-refractivity contribution in [2.75, 3.05) is 26.0 Å². The molecule has 0 saturated heterocycles. The first-order valence-electron chi connectivity index (χ1n) is 8.51. The lowest BCUT2D eigenvalue weighted by atomic mass is 9.98. The average molecular weight is 359 g/mol. The molecule has 1 amide bonds. The number of ketones is 1. The summed E-state index contributed by atoms with van der Waals surface area (Å²) in [6, 6.07) is 4.84. The summed E-state index contributed by atoms with van der Waals surface area (Å²) >= 11 is 0. The second-order valence-electron chi connectivity index (χ2n) is 5.72. The van der Waals surface area contributed by atoms with Crippen molar-refractivity contribution in [1.29, 1.82) is 0 Å².